The molecule has 268 valence electrons. The first-order valence-electron chi connectivity index (χ1n) is 15.9. The zero-order valence-corrected chi connectivity index (χ0v) is 29.0. The van der Waals surface area contributed by atoms with Gasteiger partial charge in [-0.25, -0.2) is 19.0 Å². The maximum atomic E-state index is 12.3. The minimum absolute atomic E-state index is 0.0207. The summed E-state index contributed by atoms with van der Waals surface area (Å²) in [6.07, 6.45) is 6.87. The van der Waals surface area contributed by atoms with E-state index in [1.54, 1.807) is 14.1 Å². The molecule has 5 rings (SSSR count). The topological polar surface area (TPSA) is 271 Å². The zero-order chi connectivity index (χ0) is 36.8. The average Bonchev–Trinajstić information content (AvgIpc) is 3.86. The van der Waals surface area contributed by atoms with Crippen molar-refractivity contribution in [2.24, 2.45) is 34.6 Å². The first-order chi connectivity index (χ1) is 24.5. The first-order valence-corrected chi connectivity index (χ1v) is 15.9. The van der Waals surface area contributed by atoms with Gasteiger partial charge in [0.2, 0.25) is 5.88 Å². The average molecular weight is 703 g/mol. The highest BCUT2D eigenvalue weighted by Crippen LogP contribution is 2.35. The monoisotopic (exact) mass is 702 g/mol. The minimum Gasteiger partial charge on any atom is -0.493 e. The number of azo groups is 2. The van der Waals surface area contributed by atoms with E-state index in [1.807, 2.05) is 13.8 Å². The van der Waals surface area contributed by atoms with E-state index >= 15 is 0 Å². The van der Waals surface area contributed by atoms with Gasteiger partial charge >= 0.3 is 11.9 Å². The van der Waals surface area contributed by atoms with E-state index in [1.165, 1.54) is 51.4 Å². The van der Waals surface area contributed by atoms with Crippen LogP contribution >= 0.6 is 0 Å². The molecule has 5 N–H and O–H groups in total. The van der Waals surface area contributed by atoms with Crippen molar-refractivity contribution >= 4 is 46.6 Å². The maximum Gasteiger partial charge on any atom is 0.343 e. The second-order valence-electron chi connectivity index (χ2n) is 11.2. The van der Waals surface area contributed by atoms with Crippen molar-refractivity contribution in [2.75, 3.05) is 25.7 Å². The molecule has 5 aromatic heterocycles. The van der Waals surface area contributed by atoms with Crippen LogP contribution in [-0.4, -0.2) is 80.4 Å². The van der Waals surface area contributed by atoms with Crippen LogP contribution in [0.2, 0.25) is 0 Å². The number of nitrogens with zero attached hydrogens (tertiary/aromatic N) is 14. The fraction of sp³-hybridized carbons (Fsp3) is 0.400. The van der Waals surface area contributed by atoms with Gasteiger partial charge < -0.3 is 26.0 Å². The number of hydrogen-bond acceptors (Lipinski definition) is 17. The summed E-state index contributed by atoms with van der Waals surface area (Å²) in [6, 6.07) is 1.27. The summed E-state index contributed by atoms with van der Waals surface area (Å²) in [6.45, 7) is 4.05. The highest BCUT2D eigenvalue weighted by atomic mass is 16.5. The Kier molecular flexibility index (Phi) is 10.8. The van der Waals surface area contributed by atoms with Crippen molar-refractivity contribution in [3.05, 3.63) is 41.0 Å². The van der Waals surface area contributed by atoms with Crippen LogP contribution in [0, 0.1) is 0 Å². The lowest BCUT2D eigenvalue weighted by Crippen LogP contribution is -2.11. The van der Waals surface area contributed by atoms with E-state index in [0.717, 1.165) is 25.7 Å². The molecule has 0 aromatic carbocycles. The highest BCUT2D eigenvalue weighted by Gasteiger charge is 2.24. The molecule has 21 heteroatoms. The van der Waals surface area contributed by atoms with Gasteiger partial charge in [-0.3, -0.25) is 0 Å². The number of ether oxygens (including phenoxy) is 2. The number of methoxy groups -OCH3 is 2. The Hall–Kier alpha value is -6.54. The predicted octanol–water partition coefficient (Wildman–Crippen LogP) is 4.27. The van der Waals surface area contributed by atoms with Gasteiger partial charge in [0.15, 0.2) is 40.5 Å². The Bertz CT molecular complexity index is 1980. The number of anilines is 2. The predicted molar refractivity (Wildman–Crippen MR) is 181 cm³/mol. The van der Waals surface area contributed by atoms with Crippen molar-refractivity contribution in [1.29, 1.82) is 0 Å². The quantitative estimate of drug-likeness (QED) is 0.108. The van der Waals surface area contributed by atoms with Crippen LogP contribution < -0.4 is 11.5 Å². The van der Waals surface area contributed by atoms with E-state index in [0.29, 0.717) is 24.2 Å². The molecule has 21 nitrogen and oxygen atoms in total. The van der Waals surface area contributed by atoms with Gasteiger partial charge in [-0.1, -0.05) is 26.7 Å². The second kappa shape index (κ2) is 15.3. The Morgan fingerprint density at radius 3 is 1.71 bits per heavy atom. The van der Waals surface area contributed by atoms with Gasteiger partial charge in [-0.15, -0.1) is 20.5 Å². The number of rotatable bonds is 14. The van der Waals surface area contributed by atoms with Gasteiger partial charge in [0.1, 0.15) is 11.1 Å². The van der Waals surface area contributed by atoms with Crippen LogP contribution in [0.5, 0.6) is 5.88 Å². The molecular weight excluding hydrogens is 664 g/mol. The van der Waals surface area contributed by atoms with E-state index in [-0.39, 0.29) is 57.5 Å². The summed E-state index contributed by atoms with van der Waals surface area (Å²) < 4.78 is 14.9. The molecular formula is C30H38N16O5. The molecule has 0 aliphatic carbocycles. The summed E-state index contributed by atoms with van der Waals surface area (Å²) in [4.78, 5) is 33.2. The summed E-state index contributed by atoms with van der Waals surface area (Å²) >= 11 is 0. The van der Waals surface area contributed by atoms with Gasteiger partial charge in [-0.2, -0.15) is 39.7 Å². The smallest absolute Gasteiger partial charge is 0.343 e. The van der Waals surface area contributed by atoms with E-state index in [4.69, 9.17) is 20.9 Å². The highest BCUT2D eigenvalue weighted by molar-refractivity contribution is 5.94. The maximum absolute atomic E-state index is 12.3. The van der Waals surface area contributed by atoms with E-state index in [9.17, 15) is 14.7 Å². The van der Waals surface area contributed by atoms with Gasteiger partial charge in [-0.05, 0) is 25.7 Å². The van der Waals surface area contributed by atoms with Crippen molar-refractivity contribution in [3.63, 3.8) is 0 Å². The molecule has 0 fully saturated rings. The molecule has 0 spiro atoms. The van der Waals surface area contributed by atoms with Crippen molar-refractivity contribution in [2.45, 2.75) is 52.4 Å². The number of unbranched alkanes of at least 4 members (excludes halogenated alkanes) is 2. The number of aromatic hydroxyl groups is 1. The zero-order valence-electron chi connectivity index (χ0n) is 29.0. The molecule has 0 aliphatic rings. The fourth-order valence-electron chi connectivity index (χ4n) is 4.93. The molecule has 0 bridgehead atoms. The lowest BCUT2D eigenvalue weighted by Gasteiger charge is -2.07. The number of nitrogen functional groups attached to an aromatic ring is 2. The Morgan fingerprint density at radius 1 is 0.765 bits per heavy atom. The Morgan fingerprint density at radius 2 is 1.24 bits per heavy atom. The standard InChI is InChI=1S/C30H38N16O5/c1-7-9-11-18-22(37-39-26-16(28(48)50-5)14-33-43(26)3)24(31)45(41-18)20-13-21(47)36-30(35-20)46-25(32)23(19(42-46)12-10-8-2)38-40-27-17(29(49)51-6)15-34-44(27)4/h13-15H,7-12,31-32H2,1-6H3,(H,35,36,47). The number of aryl methyl sites for hydroxylation is 4. The van der Waals surface area contributed by atoms with Crippen LogP contribution in [0.25, 0.3) is 11.8 Å². The fourth-order valence-corrected chi connectivity index (χ4v) is 4.93. The molecule has 0 saturated heterocycles. The number of hydrogen-bond donors (Lipinski definition) is 3. The summed E-state index contributed by atoms with van der Waals surface area (Å²) in [5.74, 6) is -1.33. The van der Waals surface area contributed by atoms with Crippen LogP contribution in [0.15, 0.2) is 38.9 Å². The number of aromatic nitrogens is 10. The third-order valence-electron chi connectivity index (χ3n) is 7.67. The summed E-state index contributed by atoms with van der Waals surface area (Å²) in [5, 5.41) is 45.4. The molecule has 5 aromatic rings. The summed E-state index contributed by atoms with van der Waals surface area (Å²) in [7, 11) is 5.72. The molecule has 0 saturated carbocycles. The molecule has 0 aliphatic heterocycles. The molecule has 51 heavy (non-hydrogen) atoms. The van der Waals surface area contributed by atoms with Crippen molar-refractivity contribution in [1.82, 2.24) is 49.1 Å². The van der Waals surface area contributed by atoms with Crippen LogP contribution in [0.4, 0.5) is 34.6 Å². The van der Waals surface area contributed by atoms with Crippen LogP contribution in [0.3, 0.4) is 0 Å². The van der Waals surface area contributed by atoms with Gasteiger partial charge in [0, 0.05) is 20.2 Å². The number of esters is 2. The number of nitrogens with two attached hydrogens (primary N) is 2. The minimum atomic E-state index is -0.629. The number of carbonyl (C=O) groups excluding carboxylic acids is 2. The van der Waals surface area contributed by atoms with E-state index in [2.05, 4.69) is 50.8 Å². The molecule has 5 heterocycles. The SMILES string of the molecule is CCCCc1nn(-c2cc(O)nc(-n3nc(CCCC)c(N=Nc4c(C(=O)OC)cnn4C)c3N)n2)c(N)c1N=Nc1c(C(=O)OC)cnn1C. The first kappa shape index (κ1) is 35.8. The van der Waals surface area contributed by atoms with E-state index < -0.39 is 17.8 Å². The largest absolute Gasteiger partial charge is 0.493 e. The molecule has 0 amide bonds. The Balaban J connectivity index is 1.58. The van der Waals surface area contributed by atoms with Crippen LogP contribution in [-0.2, 0) is 36.4 Å². The lowest BCUT2D eigenvalue weighted by molar-refractivity contribution is 0.0592. The van der Waals surface area contributed by atoms with Gasteiger partial charge in [0.25, 0.3) is 5.95 Å². The van der Waals surface area contributed by atoms with Crippen molar-refractivity contribution in [3.8, 4) is 17.6 Å². The Labute approximate surface area is 291 Å². The molecule has 0 radical (unpaired) electrons. The third-order valence-corrected chi connectivity index (χ3v) is 7.67. The molecule has 0 unspecified atom stereocenters. The second-order valence-corrected chi connectivity index (χ2v) is 11.2. The third kappa shape index (κ3) is 7.26. The summed E-state index contributed by atoms with van der Waals surface area (Å²) in [5.41, 5.74) is 14.8. The van der Waals surface area contributed by atoms with Crippen molar-refractivity contribution < 1.29 is 24.2 Å². The van der Waals surface area contributed by atoms with Crippen LogP contribution in [0.1, 0.15) is 71.6 Å². The van der Waals surface area contributed by atoms with Gasteiger partial charge in [0.05, 0.1) is 38.0 Å². The lowest BCUT2D eigenvalue weighted by atomic mass is 10.2. The number of carbonyl (C=O) groups is 2. The molecule has 0 atom stereocenters. The normalized spacial score (nSPS) is 11.6.